The Bertz CT molecular complexity index is 504. The van der Waals surface area contributed by atoms with Crippen molar-refractivity contribution < 1.29 is 4.79 Å². The molecule has 1 aromatic carbocycles. The molecule has 1 heterocycles. The topological polar surface area (TPSA) is 64.9 Å². The van der Waals surface area contributed by atoms with Crippen LogP contribution in [0, 0.1) is 17.2 Å². The number of nitrogens with one attached hydrogen (secondary N) is 2. The molecule has 1 aromatic rings. The molecule has 0 spiro atoms. The molecule has 0 aromatic heterocycles. The molecule has 1 saturated heterocycles. The first kappa shape index (κ1) is 13.9. The molecule has 1 amide bonds. The third-order valence-corrected chi connectivity index (χ3v) is 3.63. The maximum absolute atomic E-state index is 11.8. The van der Waals surface area contributed by atoms with Crippen LogP contribution in [-0.4, -0.2) is 19.0 Å². The standard InChI is InChI=1S/C14H16ClN3O/c15-13-7-12(3-2-11(13)8-16)18-14(19)4-1-10-5-6-17-9-10/h2-3,7,10,17H,1,4-6,9H2,(H,18,19). The molecule has 1 fully saturated rings. The van der Waals surface area contributed by atoms with Crippen molar-refractivity contribution in [2.24, 2.45) is 5.92 Å². The van der Waals surface area contributed by atoms with E-state index in [-0.39, 0.29) is 5.91 Å². The number of amides is 1. The van der Waals surface area contributed by atoms with Crippen molar-refractivity contribution in [2.45, 2.75) is 19.3 Å². The SMILES string of the molecule is N#Cc1ccc(NC(=O)CCC2CCNC2)cc1Cl. The molecule has 1 unspecified atom stereocenters. The minimum absolute atomic E-state index is 0.00678. The van der Waals surface area contributed by atoms with E-state index in [0.717, 1.165) is 25.9 Å². The second-order valence-electron chi connectivity index (χ2n) is 4.75. The summed E-state index contributed by atoms with van der Waals surface area (Å²) in [5.41, 5.74) is 1.05. The first-order chi connectivity index (χ1) is 9.19. The number of carbonyl (C=O) groups is 1. The quantitative estimate of drug-likeness (QED) is 0.889. The van der Waals surface area contributed by atoms with E-state index in [9.17, 15) is 4.79 Å². The highest BCUT2D eigenvalue weighted by molar-refractivity contribution is 6.32. The fraction of sp³-hybridized carbons (Fsp3) is 0.429. The molecule has 1 atom stereocenters. The number of nitriles is 1. The van der Waals surface area contributed by atoms with Crippen molar-refractivity contribution in [3.05, 3.63) is 28.8 Å². The van der Waals surface area contributed by atoms with Crippen LogP contribution < -0.4 is 10.6 Å². The van der Waals surface area contributed by atoms with Crippen LogP contribution in [-0.2, 0) is 4.79 Å². The summed E-state index contributed by atoms with van der Waals surface area (Å²) in [6, 6.07) is 6.90. The maximum Gasteiger partial charge on any atom is 0.224 e. The van der Waals surface area contributed by atoms with E-state index in [4.69, 9.17) is 16.9 Å². The van der Waals surface area contributed by atoms with Crippen LogP contribution in [0.2, 0.25) is 5.02 Å². The Balaban J connectivity index is 1.84. The summed E-state index contributed by atoms with van der Waals surface area (Å²) in [5, 5.41) is 15.2. The van der Waals surface area contributed by atoms with E-state index < -0.39 is 0 Å². The van der Waals surface area contributed by atoms with E-state index in [1.54, 1.807) is 18.2 Å². The summed E-state index contributed by atoms with van der Waals surface area (Å²) in [4.78, 5) is 11.8. The van der Waals surface area contributed by atoms with Crippen molar-refractivity contribution in [1.82, 2.24) is 5.32 Å². The Morgan fingerprint density at radius 2 is 2.42 bits per heavy atom. The molecule has 1 aliphatic heterocycles. The molecule has 100 valence electrons. The number of hydrogen-bond donors (Lipinski definition) is 2. The summed E-state index contributed by atoms with van der Waals surface area (Å²) in [7, 11) is 0. The van der Waals surface area contributed by atoms with Gasteiger partial charge in [-0.3, -0.25) is 4.79 Å². The molecule has 5 heteroatoms. The highest BCUT2D eigenvalue weighted by Gasteiger charge is 2.15. The Labute approximate surface area is 117 Å². The lowest BCUT2D eigenvalue weighted by molar-refractivity contribution is -0.116. The molecule has 2 N–H and O–H groups in total. The van der Waals surface area contributed by atoms with Gasteiger partial charge < -0.3 is 10.6 Å². The van der Waals surface area contributed by atoms with Crippen molar-refractivity contribution in [1.29, 1.82) is 5.26 Å². The first-order valence-corrected chi connectivity index (χ1v) is 6.77. The first-order valence-electron chi connectivity index (χ1n) is 6.39. The van der Waals surface area contributed by atoms with Crippen LogP contribution in [0.4, 0.5) is 5.69 Å². The zero-order valence-electron chi connectivity index (χ0n) is 10.6. The number of benzene rings is 1. The van der Waals surface area contributed by atoms with Crippen molar-refractivity contribution in [2.75, 3.05) is 18.4 Å². The normalized spacial score (nSPS) is 18.0. The molecule has 19 heavy (non-hydrogen) atoms. The molecular weight excluding hydrogens is 262 g/mol. The van der Waals surface area contributed by atoms with Crippen LogP contribution in [0.1, 0.15) is 24.8 Å². The summed E-state index contributed by atoms with van der Waals surface area (Å²) in [5.74, 6) is 0.600. The van der Waals surface area contributed by atoms with Gasteiger partial charge in [0.2, 0.25) is 5.91 Å². The van der Waals surface area contributed by atoms with Crippen molar-refractivity contribution in [3.63, 3.8) is 0 Å². The number of halogens is 1. The third-order valence-electron chi connectivity index (χ3n) is 3.32. The van der Waals surface area contributed by atoms with Gasteiger partial charge in [0.15, 0.2) is 0 Å². The Hall–Kier alpha value is -1.57. The van der Waals surface area contributed by atoms with E-state index in [1.807, 2.05) is 6.07 Å². The fourth-order valence-corrected chi connectivity index (χ4v) is 2.43. The Morgan fingerprint density at radius 1 is 1.58 bits per heavy atom. The summed E-state index contributed by atoms with van der Waals surface area (Å²) >= 11 is 5.91. The number of rotatable bonds is 4. The zero-order chi connectivity index (χ0) is 13.7. The van der Waals surface area contributed by atoms with Crippen LogP contribution >= 0.6 is 11.6 Å². The second kappa shape index (κ2) is 6.55. The van der Waals surface area contributed by atoms with Crippen LogP contribution in [0.5, 0.6) is 0 Å². The van der Waals surface area contributed by atoms with Gasteiger partial charge in [-0.05, 0) is 50.0 Å². The van der Waals surface area contributed by atoms with Gasteiger partial charge in [0, 0.05) is 12.1 Å². The fourth-order valence-electron chi connectivity index (χ4n) is 2.20. The average Bonchev–Trinajstić information content (AvgIpc) is 2.90. The van der Waals surface area contributed by atoms with Crippen molar-refractivity contribution >= 4 is 23.2 Å². The molecule has 0 saturated carbocycles. The van der Waals surface area contributed by atoms with Crippen LogP contribution in [0.3, 0.4) is 0 Å². The highest BCUT2D eigenvalue weighted by Crippen LogP contribution is 2.21. The van der Waals surface area contributed by atoms with Gasteiger partial charge >= 0.3 is 0 Å². The Kier molecular flexibility index (Phi) is 4.78. The van der Waals surface area contributed by atoms with E-state index in [1.165, 1.54) is 0 Å². The highest BCUT2D eigenvalue weighted by atomic mass is 35.5. The largest absolute Gasteiger partial charge is 0.326 e. The molecule has 0 radical (unpaired) electrons. The van der Waals surface area contributed by atoms with Gasteiger partial charge in [-0.1, -0.05) is 11.6 Å². The number of anilines is 1. The monoisotopic (exact) mass is 277 g/mol. The molecule has 0 aliphatic carbocycles. The van der Waals surface area contributed by atoms with Crippen LogP contribution in [0.25, 0.3) is 0 Å². The van der Waals surface area contributed by atoms with Gasteiger partial charge in [-0.15, -0.1) is 0 Å². The summed E-state index contributed by atoms with van der Waals surface area (Å²) < 4.78 is 0. The lowest BCUT2D eigenvalue weighted by Gasteiger charge is -2.09. The molecule has 1 aliphatic rings. The number of nitrogens with zero attached hydrogens (tertiary/aromatic N) is 1. The maximum atomic E-state index is 11.8. The predicted octanol–water partition coefficient (Wildman–Crippen LogP) is 2.54. The lowest BCUT2D eigenvalue weighted by atomic mass is 10.0. The van der Waals surface area contributed by atoms with Gasteiger partial charge in [0.25, 0.3) is 0 Å². The second-order valence-corrected chi connectivity index (χ2v) is 5.16. The molecular formula is C14H16ClN3O. The van der Waals surface area contributed by atoms with Gasteiger partial charge in [-0.2, -0.15) is 5.26 Å². The number of carbonyl (C=O) groups excluding carboxylic acids is 1. The van der Waals surface area contributed by atoms with E-state index in [2.05, 4.69) is 10.6 Å². The summed E-state index contributed by atoms with van der Waals surface area (Å²) in [6.45, 7) is 2.06. The smallest absolute Gasteiger partial charge is 0.224 e. The van der Waals surface area contributed by atoms with Crippen LogP contribution in [0.15, 0.2) is 18.2 Å². The molecule has 2 rings (SSSR count). The number of hydrogen-bond acceptors (Lipinski definition) is 3. The third kappa shape index (κ3) is 3.95. The minimum atomic E-state index is -0.00678. The minimum Gasteiger partial charge on any atom is -0.326 e. The lowest BCUT2D eigenvalue weighted by Crippen LogP contribution is -2.15. The van der Waals surface area contributed by atoms with E-state index in [0.29, 0.717) is 28.6 Å². The van der Waals surface area contributed by atoms with Crippen molar-refractivity contribution in [3.8, 4) is 6.07 Å². The molecule has 0 bridgehead atoms. The van der Waals surface area contributed by atoms with E-state index >= 15 is 0 Å². The molecule has 4 nitrogen and oxygen atoms in total. The van der Waals surface area contributed by atoms with Gasteiger partial charge in [0.05, 0.1) is 10.6 Å². The zero-order valence-corrected chi connectivity index (χ0v) is 11.3. The predicted molar refractivity (Wildman–Crippen MR) is 75.0 cm³/mol. The van der Waals surface area contributed by atoms with Gasteiger partial charge in [-0.25, -0.2) is 0 Å². The average molecular weight is 278 g/mol. The Morgan fingerprint density at radius 3 is 3.05 bits per heavy atom. The van der Waals surface area contributed by atoms with Gasteiger partial charge in [0.1, 0.15) is 6.07 Å². The summed E-state index contributed by atoms with van der Waals surface area (Å²) in [6.07, 6.45) is 2.57.